The number of benzene rings is 2. The van der Waals surface area contributed by atoms with Crippen molar-refractivity contribution in [1.82, 2.24) is 10.6 Å². The predicted molar refractivity (Wildman–Crippen MR) is 97.9 cm³/mol. The molecule has 2 amide bonds. The summed E-state index contributed by atoms with van der Waals surface area (Å²) in [5.74, 6) is 0.475. The molecule has 0 spiro atoms. The smallest absolute Gasteiger partial charge is 0.319 e. The summed E-state index contributed by atoms with van der Waals surface area (Å²) in [5, 5.41) is 5.52. The molecule has 0 aromatic heterocycles. The molecule has 2 N–H and O–H groups in total. The first-order valence-electron chi connectivity index (χ1n) is 8.22. The first kappa shape index (κ1) is 18.5. The van der Waals surface area contributed by atoms with E-state index in [0.29, 0.717) is 6.61 Å². The third-order valence-corrected chi connectivity index (χ3v) is 3.64. The van der Waals surface area contributed by atoms with Crippen LogP contribution in [0.5, 0.6) is 5.75 Å². The number of hydrogen-bond acceptors (Lipinski definition) is 2. The van der Waals surface area contributed by atoms with Crippen molar-refractivity contribution in [3.8, 4) is 5.75 Å². The molecule has 2 aromatic carbocycles. The molecule has 25 heavy (non-hydrogen) atoms. The quantitative estimate of drug-likeness (QED) is 0.808. The number of aryl methyl sites for hydroxylation is 1. The maximum Gasteiger partial charge on any atom is 0.319 e. The number of urea groups is 1. The Kier molecular flexibility index (Phi) is 6.57. The number of halogens is 1. The third kappa shape index (κ3) is 5.64. The fraction of sp³-hybridized carbons (Fsp3) is 0.250. The molecule has 132 valence electrons. The largest absolute Gasteiger partial charge is 0.494 e. The number of hydrogen-bond donors (Lipinski definition) is 2. The summed E-state index contributed by atoms with van der Waals surface area (Å²) in [7, 11) is 0. The van der Waals surface area contributed by atoms with Gasteiger partial charge in [-0.2, -0.15) is 0 Å². The van der Waals surface area contributed by atoms with Gasteiger partial charge in [0.05, 0.1) is 12.6 Å². The van der Waals surface area contributed by atoms with Gasteiger partial charge in [-0.05, 0) is 50.6 Å². The summed E-state index contributed by atoms with van der Waals surface area (Å²) in [5.41, 5.74) is 2.83. The molecule has 0 aliphatic heterocycles. The molecule has 2 rings (SSSR count). The van der Waals surface area contributed by atoms with Crippen LogP contribution in [0.1, 0.15) is 36.6 Å². The van der Waals surface area contributed by atoms with Crippen LogP contribution < -0.4 is 15.4 Å². The Labute approximate surface area is 147 Å². The van der Waals surface area contributed by atoms with Gasteiger partial charge in [0.15, 0.2) is 0 Å². The minimum atomic E-state index is -0.324. The molecule has 2 aromatic rings. The number of rotatable bonds is 6. The second-order valence-corrected chi connectivity index (χ2v) is 5.70. The van der Waals surface area contributed by atoms with Crippen LogP contribution in [0.15, 0.2) is 48.7 Å². The van der Waals surface area contributed by atoms with Crippen LogP contribution >= 0.6 is 0 Å². The molecular formula is C20H23FN2O2. The monoisotopic (exact) mass is 342 g/mol. The van der Waals surface area contributed by atoms with E-state index in [1.807, 2.05) is 39.0 Å². The van der Waals surface area contributed by atoms with E-state index in [2.05, 4.69) is 10.6 Å². The van der Waals surface area contributed by atoms with E-state index in [1.54, 1.807) is 18.2 Å². The fourth-order valence-electron chi connectivity index (χ4n) is 2.40. The average Bonchev–Trinajstić information content (AvgIpc) is 2.58. The summed E-state index contributed by atoms with van der Waals surface area (Å²) in [6, 6.07) is 11.4. The molecule has 0 heterocycles. The van der Waals surface area contributed by atoms with Crippen LogP contribution in [0.2, 0.25) is 0 Å². The highest BCUT2D eigenvalue weighted by Gasteiger charge is 2.14. The fourth-order valence-corrected chi connectivity index (χ4v) is 2.40. The molecule has 0 saturated heterocycles. The van der Waals surface area contributed by atoms with E-state index in [1.165, 1.54) is 18.3 Å². The maximum atomic E-state index is 12.8. The zero-order valence-corrected chi connectivity index (χ0v) is 14.7. The highest BCUT2D eigenvalue weighted by atomic mass is 19.1. The summed E-state index contributed by atoms with van der Waals surface area (Å²) in [4.78, 5) is 12.1. The van der Waals surface area contributed by atoms with Crippen molar-refractivity contribution < 1.29 is 13.9 Å². The lowest BCUT2D eigenvalue weighted by Gasteiger charge is -2.18. The highest BCUT2D eigenvalue weighted by molar-refractivity contribution is 5.76. The molecule has 0 aliphatic carbocycles. The predicted octanol–water partition coefficient (Wildman–Crippen LogP) is 4.56. The minimum Gasteiger partial charge on any atom is -0.494 e. The molecule has 5 heteroatoms. The maximum absolute atomic E-state index is 12.8. The van der Waals surface area contributed by atoms with E-state index >= 15 is 0 Å². The summed E-state index contributed by atoms with van der Waals surface area (Å²) < 4.78 is 18.5. The topological polar surface area (TPSA) is 50.4 Å². The lowest BCUT2D eigenvalue weighted by Crippen LogP contribution is -2.34. The van der Waals surface area contributed by atoms with E-state index in [9.17, 15) is 9.18 Å². The minimum absolute atomic E-state index is 0.208. The highest BCUT2D eigenvalue weighted by Crippen LogP contribution is 2.26. The molecule has 1 unspecified atom stereocenters. The van der Waals surface area contributed by atoms with Gasteiger partial charge in [0.25, 0.3) is 0 Å². The molecule has 0 saturated carbocycles. The van der Waals surface area contributed by atoms with Crippen molar-refractivity contribution in [3.63, 3.8) is 0 Å². The van der Waals surface area contributed by atoms with E-state index in [-0.39, 0.29) is 17.9 Å². The zero-order chi connectivity index (χ0) is 18.2. The van der Waals surface area contributed by atoms with Crippen molar-refractivity contribution in [2.45, 2.75) is 26.8 Å². The number of amides is 2. The van der Waals surface area contributed by atoms with Crippen molar-refractivity contribution in [2.75, 3.05) is 6.61 Å². The van der Waals surface area contributed by atoms with E-state index in [0.717, 1.165) is 22.4 Å². The Bertz CT molecular complexity index is 742. The van der Waals surface area contributed by atoms with Crippen molar-refractivity contribution in [2.24, 2.45) is 0 Å². The van der Waals surface area contributed by atoms with Gasteiger partial charge in [-0.15, -0.1) is 0 Å². The lowest BCUT2D eigenvalue weighted by molar-refractivity contribution is 0.241. The Morgan fingerprint density at radius 3 is 2.64 bits per heavy atom. The summed E-state index contributed by atoms with van der Waals surface area (Å²) in [6.45, 7) is 6.39. The van der Waals surface area contributed by atoms with Crippen LogP contribution in [-0.2, 0) is 0 Å². The molecule has 4 nitrogen and oxygen atoms in total. The van der Waals surface area contributed by atoms with Crippen molar-refractivity contribution in [1.29, 1.82) is 0 Å². The number of carbonyl (C=O) groups excluding carboxylic acids is 1. The Morgan fingerprint density at radius 2 is 1.96 bits per heavy atom. The van der Waals surface area contributed by atoms with Crippen LogP contribution in [0.3, 0.4) is 0 Å². The van der Waals surface area contributed by atoms with Crippen LogP contribution in [-0.4, -0.2) is 12.6 Å². The third-order valence-electron chi connectivity index (χ3n) is 3.64. The van der Waals surface area contributed by atoms with Crippen LogP contribution in [0, 0.1) is 12.7 Å². The summed E-state index contributed by atoms with van der Waals surface area (Å²) >= 11 is 0. The lowest BCUT2D eigenvalue weighted by atomic mass is 10.0. The second kappa shape index (κ2) is 8.87. The van der Waals surface area contributed by atoms with Crippen molar-refractivity contribution >= 4 is 12.1 Å². The van der Waals surface area contributed by atoms with Gasteiger partial charge in [-0.25, -0.2) is 9.18 Å². The van der Waals surface area contributed by atoms with Crippen molar-refractivity contribution in [3.05, 3.63) is 71.2 Å². The van der Waals surface area contributed by atoms with E-state index < -0.39 is 0 Å². The number of carbonyl (C=O) groups is 1. The van der Waals surface area contributed by atoms with Crippen LogP contribution in [0.4, 0.5) is 9.18 Å². The van der Waals surface area contributed by atoms with Gasteiger partial charge in [0, 0.05) is 11.8 Å². The van der Waals surface area contributed by atoms with Gasteiger partial charge in [-0.1, -0.05) is 29.8 Å². The number of nitrogens with one attached hydrogen (secondary N) is 2. The Hall–Kier alpha value is -2.82. The molecule has 0 aliphatic rings. The first-order chi connectivity index (χ1) is 12.0. The first-order valence-corrected chi connectivity index (χ1v) is 8.22. The zero-order valence-electron chi connectivity index (χ0n) is 14.7. The molecule has 1 atom stereocenters. The van der Waals surface area contributed by atoms with Gasteiger partial charge in [0.2, 0.25) is 0 Å². The molecular weight excluding hydrogens is 319 g/mol. The van der Waals surface area contributed by atoms with E-state index in [4.69, 9.17) is 4.74 Å². The Balaban J connectivity index is 1.95. The van der Waals surface area contributed by atoms with Crippen LogP contribution in [0.25, 0.3) is 6.08 Å². The SMILES string of the molecule is CCOc1ccc(C)cc1C(C)NC(=O)N/C=C/c1ccc(F)cc1. The summed E-state index contributed by atoms with van der Waals surface area (Å²) in [6.07, 6.45) is 3.22. The molecule has 0 radical (unpaired) electrons. The Morgan fingerprint density at radius 1 is 1.24 bits per heavy atom. The second-order valence-electron chi connectivity index (χ2n) is 5.70. The molecule has 0 fully saturated rings. The van der Waals surface area contributed by atoms with Gasteiger partial charge < -0.3 is 15.4 Å². The van der Waals surface area contributed by atoms with Gasteiger partial charge in [0.1, 0.15) is 11.6 Å². The normalized spacial score (nSPS) is 12.0. The average molecular weight is 342 g/mol. The van der Waals surface area contributed by atoms with Gasteiger partial charge in [-0.3, -0.25) is 0 Å². The number of ether oxygens (including phenoxy) is 1. The molecule has 0 bridgehead atoms. The van der Waals surface area contributed by atoms with Gasteiger partial charge >= 0.3 is 6.03 Å². The standard InChI is InChI=1S/C20H23FN2O2/c1-4-25-19-10-5-14(2)13-18(19)15(3)23-20(24)22-12-11-16-6-8-17(21)9-7-16/h5-13,15H,4H2,1-3H3,(H2,22,23,24)/b12-11+.